The highest BCUT2D eigenvalue weighted by molar-refractivity contribution is 6.34. The highest BCUT2D eigenvalue weighted by Crippen LogP contribution is 2.28. The zero-order valence-corrected chi connectivity index (χ0v) is 9.36. The van der Waals surface area contributed by atoms with Gasteiger partial charge in [-0.1, -0.05) is 23.7 Å². The number of rotatable bonds is 2. The highest BCUT2D eigenvalue weighted by atomic mass is 35.5. The third kappa shape index (κ3) is 3.33. The number of carbonyl (C=O) groups excluding carboxylic acids is 1. The van der Waals surface area contributed by atoms with Crippen molar-refractivity contribution in [1.29, 1.82) is 0 Å². The summed E-state index contributed by atoms with van der Waals surface area (Å²) in [5.41, 5.74) is 0.422. The van der Waals surface area contributed by atoms with Crippen LogP contribution in [-0.2, 0) is 4.79 Å². The number of anilines is 1. The maximum atomic E-state index is 12.7. The topological polar surface area (TPSA) is 29.1 Å². The second-order valence-corrected chi connectivity index (χ2v) is 3.73. The average Bonchev–Trinajstić information content (AvgIpc) is 2.21. The molecule has 0 spiro atoms. The lowest BCUT2D eigenvalue weighted by molar-refractivity contribution is -0.183. The molecular weight excluding hydrogens is 262 g/mol. The minimum atomic E-state index is -5.22. The number of aryl methyl sites for hydroxylation is 1. The second-order valence-electron chi connectivity index (χ2n) is 3.33. The summed E-state index contributed by atoms with van der Waals surface area (Å²) in [6, 6.07) is 4.47. The van der Waals surface area contributed by atoms with Gasteiger partial charge in [-0.25, -0.2) is 4.39 Å². The fourth-order valence-electron chi connectivity index (χ4n) is 1.13. The number of para-hydroxylation sites is 1. The van der Waals surface area contributed by atoms with E-state index in [2.05, 4.69) is 0 Å². The van der Waals surface area contributed by atoms with Crippen LogP contribution in [0.15, 0.2) is 18.2 Å². The summed E-state index contributed by atoms with van der Waals surface area (Å²) in [6.45, 7) is 1.53. The zero-order chi connectivity index (χ0) is 13.2. The predicted molar refractivity (Wildman–Crippen MR) is 55.8 cm³/mol. The molecular formula is C10H8ClF4NO. The van der Waals surface area contributed by atoms with E-state index in [1.807, 2.05) is 5.32 Å². The molecule has 0 saturated heterocycles. The Morgan fingerprint density at radius 2 is 2.00 bits per heavy atom. The molecule has 0 heterocycles. The molecule has 0 unspecified atom stereocenters. The average molecular weight is 270 g/mol. The van der Waals surface area contributed by atoms with E-state index >= 15 is 0 Å². The number of hydrogen-bond acceptors (Lipinski definition) is 1. The smallest absolute Gasteiger partial charge is 0.322 e. The molecule has 0 saturated carbocycles. The SMILES string of the molecule is Cc1cccc(Cl)c1NC(=O)[C@H](F)C(F)(F)F. The summed E-state index contributed by atoms with van der Waals surface area (Å²) in [5.74, 6) is -1.78. The van der Waals surface area contributed by atoms with Crippen LogP contribution in [0.2, 0.25) is 5.02 Å². The maximum absolute atomic E-state index is 12.7. The molecule has 0 radical (unpaired) electrons. The highest BCUT2D eigenvalue weighted by Gasteiger charge is 2.45. The van der Waals surface area contributed by atoms with Crippen molar-refractivity contribution < 1.29 is 22.4 Å². The van der Waals surface area contributed by atoms with E-state index < -0.39 is 18.3 Å². The summed E-state index contributed by atoms with van der Waals surface area (Å²) >= 11 is 5.67. The Morgan fingerprint density at radius 1 is 1.41 bits per heavy atom. The second kappa shape index (κ2) is 4.91. The summed E-state index contributed by atoms with van der Waals surface area (Å²) in [5, 5.41) is 1.87. The molecule has 94 valence electrons. The van der Waals surface area contributed by atoms with Crippen molar-refractivity contribution in [3.8, 4) is 0 Å². The first kappa shape index (κ1) is 13.8. The van der Waals surface area contributed by atoms with Crippen LogP contribution in [0.4, 0.5) is 23.2 Å². The van der Waals surface area contributed by atoms with Gasteiger partial charge in [0, 0.05) is 0 Å². The molecule has 0 aliphatic rings. The van der Waals surface area contributed by atoms with Gasteiger partial charge in [-0.3, -0.25) is 4.79 Å². The van der Waals surface area contributed by atoms with Gasteiger partial charge in [0.2, 0.25) is 0 Å². The fraction of sp³-hybridized carbons (Fsp3) is 0.300. The molecule has 1 atom stereocenters. The lowest BCUT2D eigenvalue weighted by atomic mass is 10.2. The minimum Gasteiger partial charge on any atom is -0.322 e. The van der Waals surface area contributed by atoms with Gasteiger partial charge in [0.15, 0.2) is 0 Å². The van der Waals surface area contributed by atoms with Crippen molar-refractivity contribution in [2.45, 2.75) is 19.3 Å². The van der Waals surface area contributed by atoms with Crippen LogP contribution < -0.4 is 5.32 Å². The van der Waals surface area contributed by atoms with Gasteiger partial charge >= 0.3 is 6.18 Å². The fourth-order valence-corrected chi connectivity index (χ4v) is 1.39. The quantitative estimate of drug-likeness (QED) is 0.818. The number of carbonyl (C=O) groups is 1. The van der Waals surface area contributed by atoms with Gasteiger partial charge in [0.25, 0.3) is 12.1 Å². The first-order chi connectivity index (χ1) is 7.73. The Bertz CT molecular complexity index is 413. The van der Waals surface area contributed by atoms with E-state index in [9.17, 15) is 22.4 Å². The van der Waals surface area contributed by atoms with Crippen LogP contribution in [0.25, 0.3) is 0 Å². The number of alkyl halides is 4. The Kier molecular flexibility index (Phi) is 3.98. The molecule has 0 bridgehead atoms. The molecule has 0 fully saturated rings. The Balaban J connectivity index is 2.89. The number of halogens is 5. The van der Waals surface area contributed by atoms with Gasteiger partial charge in [0.05, 0.1) is 10.7 Å². The number of hydrogen-bond donors (Lipinski definition) is 1. The van der Waals surface area contributed by atoms with Crippen LogP contribution in [0.1, 0.15) is 5.56 Å². The third-order valence-corrected chi connectivity index (χ3v) is 2.30. The van der Waals surface area contributed by atoms with E-state index in [0.717, 1.165) is 0 Å². The molecule has 17 heavy (non-hydrogen) atoms. The van der Waals surface area contributed by atoms with Crippen molar-refractivity contribution in [3.05, 3.63) is 28.8 Å². The van der Waals surface area contributed by atoms with Gasteiger partial charge in [-0.15, -0.1) is 0 Å². The molecule has 7 heteroatoms. The summed E-state index contributed by atoms with van der Waals surface area (Å²) < 4.78 is 48.5. The number of benzene rings is 1. The van der Waals surface area contributed by atoms with Crippen molar-refractivity contribution in [2.24, 2.45) is 0 Å². The molecule has 1 amide bonds. The number of amides is 1. The van der Waals surface area contributed by atoms with E-state index in [0.29, 0.717) is 5.56 Å². The molecule has 1 N–H and O–H groups in total. The van der Waals surface area contributed by atoms with Crippen molar-refractivity contribution >= 4 is 23.2 Å². The van der Waals surface area contributed by atoms with Gasteiger partial charge in [-0.2, -0.15) is 13.2 Å². The van der Waals surface area contributed by atoms with Gasteiger partial charge < -0.3 is 5.32 Å². The van der Waals surface area contributed by atoms with E-state index in [1.54, 1.807) is 6.07 Å². The largest absolute Gasteiger partial charge is 0.428 e. The minimum absolute atomic E-state index is 0.0222. The molecule has 0 aliphatic heterocycles. The normalized spacial score (nSPS) is 13.3. The van der Waals surface area contributed by atoms with Crippen LogP contribution in [-0.4, -0.2) is 18.3 Å². The lowest BCUT2D eigenvalue weighted by Gasteiger charge is -2.14. The lowest BCUT2D eigenvalue weighted by Crippen LogP contribution is -2.37. The molecule has 2 nitrogen and oxygen atoms in total. The van der Waals surface area contributed by atoms with Crippen LogP contribution in [0.3, 0.4) is 0 Å². The number of nitrogens with one attached hydrogen (secondary N) is 1. The van der Waals surface area contributed by atoms with E-state index in [4.69, 9.17) is 11.6 Å². The monoisotopic (exact) mass is 269 g/mol. The van der Waals surface area contributed by atoms with E-state index in [1.165, 1.54) is 19.1 Å². The summed E-state index contributed by atoms with van der Waals surface area (Å²) in [6.07, 6.45) is -8.79. The summed E-state index contributed by atoms with van der Waals surface area (Å²) in [4.78, 5) is 11.0. The maximum Gasteiger partial charge on any atom is 0.428 e. The first-order valence-electron chi connectivity index (χ1n) is 4.50. The molecule has 1 aromatic carbocycles. The Labute approximate surface area is 99.6 Å². The predicted octanol–water partition coefficient (Wildman–Crippen LogP) is 3.49. The first-order valence-corrected chi connectivity index (χ1v) is 4.88. The van der Waals surface area contributed by atoms with Crippen LogP contribution in [0.5, 0.6) is 0 Å². The Hall–Kier alpha value is -1.30. The van der Waals surface area contributed by atoms with Gasteiger partial charge in [-0.05, 0) is 18.6 Å². The zero-order valence-electron chi connectivity index (χ0n) is 8.61. The van der Waals surface area contributed by atoms with Gasteiger partial charge in [0.1, 0.15) is 0 Å². The van der Waals surface area contributed by atoms with Crippen molar-refractivity contribution in [3.63, 3.8) is 0 Å². The molecule has 1 rings (SSSR count). The molecule has 0 aliphatic carbocycles. The third-order valence-electron chi connectivity index (χ3n) is 1.99. The summed E-state index contributed by atoms with van der Waals surface area (Å²) in [7, 11) is 0. The standard InChI is InChI=1S/C10H8ClF4NO/c1-5-3-2-4-6(11)7(5)16-9(17)8(12)10(13,14)15/h2-4,8H,1H3,(H,16,17)/t8-/m0/s1. The molecule has 0 aromatic heterocycles. The van der Waals surface area contributed by atoms with Crippen LogP contribution in [0, 0.1) is 6.92 Å². The van der Waals surface area contributed by atoms with Crippen molar-refractivity contribution in [2.75, 3.05) is 5.32 Å². The van der Waals surface area contributed by atoms with E-state index in [-0.39, 0.29) is 10.7 Å². The van der Waals surface area contributed by atoms with Crippen molar-refractivity contribution in [1.82, 2.24) is 0 Å². The van der Waals surface area contributed by atoms with Crippen LogP contribution >= 0.6 is 11.6 Å². The Morgan fingerprint density at radius 3 is 2.47 bits per heavy atom. The molecule has 1 aromatic rings.